The van der Waals surface area contributed by atoms with Gasteiger partial charge in [0.15, 0.2) is 5.84 Å². The highest BCUT2D eigenvalue weighted by Gasteiger charge is 2.32. The molecule has 2 aliphatic rings. The van der Waals surface area contributed by atoms with Crippen LogP contribution in [0.1, 0.15) is 43.8 Å². The fraction of sp³-hybridized carbons (Fsp3) is 0.545. The van der Waals surface area contributed by atoms with Gasteiger partial charge in [-0.05, 0) is 32.5 Å². The van der Waals surface area contributed by atoms with Crippen LogP contribution in [0.3, 0.4) is 0 Å². The van der Waals surface area contributed by atoms with Crippen LogP contribution in [0.2, 0.25) is 0 Å². The van der Waals surface area contributed by atoms with Gasteiger partial charge >= 0.3 is 0 Å². The zero-order valence-corrected chi connectivity index (χ0v) is 21.2. The molecule has 0 bridgehead atoms. The second-order valence-electron chi connectivity index (χ2n) is 8.32. The van der Waals surface area contributed by atoms with Gasteiger partial charge in [-0.15, -0.1) is 36.2 Å². The summed E-state index contributed by atoms with van der Waals surface area (Å²) in [5.41, 5.74) is 3.00. The zero-order valence-electron chi connectivity index (χ0n) is 18.8. The first-order valence-electron chi connectivity index (χ1n) is 10.4. The maximum Gasteiger partial charge on any atom is 0.158 e. The number of anilines is 2. The summed E-state index contributed by atoms with van der Waals surface area (Å²) in [5.74, 6) is 1.39. The van der Waals surface area contributed by atoms with E-state index in [0.29, 0.717) is 12.0 Å². The third kappa shape index (κ3) is 5.52. The number of piperazine rings is 1. The topological polar surface area (TPSA) is 53.0 Å². The summed E-state index contributed by atoms with van der Waals surface area (Å²) in [6, 6.07) is 8.69. The third-order valence-corrected chi connectivity index (χ3v) is 7.08. The average molecular weight is 487 g/mol. The summed E-state index contributed by atoms with van der Waals surface area (Å²) in [5, 5.41) is 5.84. The van der Waals surface area contributed by atoms with E-state index in [1.165, 1.54) is 0 Å². The van der Waals surface area contributed by atoms with Gasteiger partial charge in [-0.1, -0.05) is 26.0 Å². The number of para-hydroxylation sites is 2. The van der Waals surface area contributed by atoms with Gasteiger partial charge in [0, 0.05) is 38.7 Å². The summed E-state index contributed by atoms with van der Waals surface area (Å²) in [7, 11) is 4.00. The molecule has 1 fully saturated rings. The van der Waals surface area contributed by atoms with Gasteiger partial charge in [0.05, 0.1) is 22.5 Å². The fourth-order valence-electron chi connectivity index (χ4n) is 3.88. The van der Waals surface area contributed by atoms with Crippen LogP contribution in [0.25, 0.3) is 0 Å². The van der Waals surface area contributed by atoms with E-state index in [9.17, 15) is 0 Å². The minimum absolute atomic E-state index is 0. The molecule has 0 spiro atoms. The number of rotatable bonds is 4. The molecular weight excluding hydrogens is 453 g/mol. The molecule has 0 radical (unpaired) electrons. The van der Waals surface area contributed by atoms with Crippen molar-refractivity contribution in [3.05, 3.63) is 35.0 Å². The lowest BCUT2D eigenvalue weighted by atomic mass is 10.1. The van der Waals surface area contributed by atoms with Gasteiger partial charge < -0.3 is 15.0 Å². The van der Waals surface area contributed by atoms with Crippen molar-refractivity contribution < 1.29 is 4.74 Å². The molecule has 2 aliphatic heterocycles. The average Bonchev–Trinajstić information content (AvgIpc) is 3.06. The van der Waals surface area contributed by atoms with Crippen LogP contribution in [0.4, 0.5) is 16.4 Å². The van der Waals surface area contributed by atoms with Crippen LogP contribution in [0.5, 0.6) is 0 Å². The van der Waals surface area contributed by atoms with E-state index in [0.717, 1.165) is 59.0 Å². The van der Waals surface area contributed by atoms with Crippen LogP contribution in [-0.2, 0) is 4.74 Å². The SMILES string of the molecule is CO[C@H](C)C[C@H]1CN(C2=Nc3ccccc3Nc3sc(C(C)C)nc32)CCN1C.Cl.Cl. The lowest BCUT2D eigenvalue weighted by Crippen LogP contribution is -2.54. The number of ether oxygens (including phenoxy) is 1. The number of hydrogen-bond acceptors (Lipinski definition) is 7. The molecule has 3 heterocycles. The van der Waals surface area contributed by atoms with Crippen molar-refractivity contribution in [1.29, 1.82) is 0 Å². The van der Waals surface area contributed by atoms with Crippen molar-refractivity contribution in [3.63, 3.8) is 0 Å². The Balaban J connectivity index is 0.00000171. The number of nitrogens with zero attached hydrogens (tertiary/aromatic N) is 4. The molecule has 1 aromatic heterocycles. The Bertz CT molecular complexity index is 904. The normalized spacial score (nSPS) is 19.2. The number of halogens is 2. The first-order valence-corrected chi connectivity index (χ1v) is 11.2. The first-order chi connectivity index (χ1) is 14.0. The highest BCUT2D eigenvalue weighted by molar-refractivity contribution is 7.16. The van der Waals surface area contributed by atoms with E-state index >= 15 is 0 Å². The van der Waals surface area contributed by atoms with Gasteiger partial charge in [-0.2, -0.15) is 0 Å². The predicted molar refractivity (Wildman–Crippen MR) is 136 cm³/mol. The van der Waals surface area contributed by atoms with Crippen molar-refractivity contribution in [1.82, 2.24) is 14.8 Å². The van der Waals surface area contributed by atoms with Crippen molar-refractivity contribution >= 4 is 58.4 Å². The Morgan fingerprint density at radius 3 is 2.65 bits per heavy atom. The number of fused-ring (bicyclic) bond motifs is 2. The first kappa shape index (κ1) is 25.9. The second kappa shape index (κ2) is 11.0. The highest BCUT2D eigenvalue weighted by Crippen LogP contribution is 2.39. The number of benzene rings is 1. The molecule has 1 saturated heterocycles. The summed E-state index contributed by atoms with van der Waals surface area (Å²) < 4.78 is 5.54. The number of amidine groups is 1. The van der Waals surface area contributed by atoms with Gasteiger partial charge in [0.1, 0.15) is 10.7 Å². The van der Waals surface area contributed by atoms with Crippen molar-refractivity contribution in [3.8, 4) is 0 Å². The molecule has 0 amide bonds. The van der Waals surface area contributed by atoms with Crippen LogP contribution in [0, 0.1) is 0 Å². The van der Waals surface area contributed by atoms with Crippen molar-refractivity contribution in [2.24, 2.45) is 4.99 Å². The Labute approximate surface area is 201 Å². The van der Waals surface area contributed by atoms with Gasteiger partial charge in [0.25, 0.3) is 0 Å². The number of methoxy groups -OCH3 is 1. The van der Waals surface area contributed by atoms with Crippen LogP contribution >= 0.6 is 36.2 Å². The van der Waals surface area contributed by atoms with Crippen molar-refractivity contribution in [2.45, 2.75) is 45.3 Å². The van der Waals surface area contributed by atoms with E-state index in [2.05, 4.69) is 61.1 Å². The molecule has 0 saturated carbocycles. The maximum atomic E-state index is 5.54. The molecule has 31 heavy (non-hydrogen) atoms. The zero-order chi connectivity index (χ0) is 20.5. The number of thiazole rings is 1. The molecule has 6 nitrogen and oxygen atoms in total. The number of likely N-dealkylation sites (N-methyl/N-ethyl adjacent to an activating group) is 1. The van der Waals surface area contributed by atoms with E-state index in [4.69, 9.17) is 14.7 Å². The summed E-state index contributed by atoms with van der Waals surface area (Å²) >= 11 is 1.74. The Kier molecular flexibility index (Phi) is 9.15. The molecule has 0 unspecified atom stereocenters. The van der Waals surface area contributed by atoms with E-state index in [1.54, 1.807) is 18.4 Å². The quantitative estimate of drug-likeness (QED) is 0.637. The van der Waals surface area contributed by atoms with E-state index < -0.39 is 0 Å². The number of aliphatic imine (C=N–C) groups is 1. The summed E-state index contributed by atoms with van der Waals surface area (Å²) in [6.45, 7) is 9.42. The maximum absolute atomic E-state index is 5.54. The smallest absolute Gasteiger partial charge is 0.158 e. The molecule has 2 aromatic rings. The fourth-order valence-corrected chi connectivity index (χ4v) is 4.86. The molecule has 4 rings (SSSR count). The molecular formula is C22H33Cl2N5OS. The third-order valence-electron chi connectivity index (χ3n) is 5.81. The van der Waals surface area contributed by atoms with Gasteiger partial charge in [-0.25, -0.2) is 9.98 Å². The minimum Gasteiger partial charge on any atom is -0.382 e. The number of aromatic nitrogens is 1. The minimum atomic E-state index is 0. The Morgan fingerprint density at radius 1 is 1.19 bits per heavy atom. The molecule has 1 aromatic carbocycles. The van der Waals surface area contributed by atoms with Crippen LogP contribution in [0.15, 0.2) is 29.3 Å². The lowest BCUT2D eigenvalue weighted by Gasteiger charge is -2.41. The van der Waals surface area contributed by atoms with Crippen LogP contribution < -0.4 is 5.32 Å². The second-order valence-corrected chi connectivity index (χ2v) is 9.36. The Morgan fingerprint density at radius 2 is 1.94 bits per heavy atom. The molecule has 2 atom stereocenters. The number of nitrogens with one attached hydrogen (secondary N) is 1. The summed E-state index contributed by atoms with van der Waals surface area (Å²) in [4.78, 5) is 15.0. The molecule has 9 heteroatoms. The molecule has 1 N–H and O–H groups in total. The number of hydrogen-bond donors (Lipinski definition) is 1. The van der Waals surface area contributed by atoms with E-state index in [-0.39, 0.29) is 30.9 Å². The standard InChI is InChI=1S/C22H31N5OS.2ClH/c1-14(2)21-25-19-20(23-17-8-6-7-9-18(17)24-22(19)29-21)27-11-10-26(4)16(13-27)12-15(3)28-5;;/h6-9,14-16,24H,10-13H2,1-5H3;2*1H/t15-,16+;;/m1../s1. The van der Waals surface area contributed by atoms with Gasteiger partial charge in [-0.3, -0.25) is 4.90 Å². The van der Waals surface area contributed by atoms with Crippen molar-refractivity contribution in [2.75, 3.05) is 39.1 Å². The van der Waals surface area contributed by atoms with Gasteiger partial charge in [0.2, 0.25) is 0 Å². The Hall–Kier alpha value is -1.38. The predicted octanol–water partition coefficient (Wildman–Crippen LogP) is 5.29. The lowest BCUT2D eigenvalue weighted by molar-refractivity contribution is 0.0564. The molecule has 0 aliphatic carbocycles. The van der Waals surface area contributed by atoms with E-state index in [1.807, 2.05) is 6.07 Å². The van der Waals surface area contributed by atoms with Crippen LogP contribution in [-0.4, -0.2) is 66.6 Å². The molecule has 172 valence electrons. The largest absolute Gasteiger partial charge is 0.382 e. The summed E-state index contributed by atoms with van der Waals surface area (Å²) in [6.07, 6.45) is 1.25. The monoisotopic (exact) mass is 485 g/mol. The highest BCUT2D eigenvalue weighted by atomic mass is 35.5.